The molecule has 1 unspecified atom stereocenters. The lowest BCUT2D eigenvalue weighted by molar-refractivity contribution is -0.147. The van der Waals surface area contributed by atoms with Crippen molar-refractivity contribution in [3.8, 4) is 5.75 Å². The van der Waals surface area contributed by atoms with Crippen LogP contribution in [0.25, 0.3) is 0 Å². The number of carboxylic acids is 1. The van der Waals surface area contributed by atoms with E-state index >= 15 is 0 Å². The summed E-state index contributed by atoms with van der Waals surface area (Å²) in [5, 5.41) is 9.17. The Labute approximate surface area is 123 Å². The number of carbonyl (C=O) groups excluding carboxylic acids is 1. The Hall–Kier alpha value is -1.08. The number of methoxy groups -OCH3 is 1. The lowest BCUT2D eigenvalue weighted by Gasteiger charge is -2.19. The molecule has 1 aromatic heterocycles. The fraction of sp³-hybridized carbons (Fsp3) is 0.500. The van der Waals surface area contributed by atoms with Crippen molar-refractivity contribution < 1.29 is 19.4 Å². The highest BCUT2D eigenvalue weighted by Crippen LogP contribution is 2.37. The number of ether oxygens (including phenoxy) is 1. The molecule has 1 N–H and O–H groups in total. The first kappa shape index (κ1) is 14.3. The van der Waals surface area contributed by atoms with Gasteiger partial charge in [-0.1, -0.05) is 0 Å². The highest BCUT2D eigenvalue weighted by molar-refractivity contribution is 9.11. The predicted molar refractivity (Wildman–Crippen MR) is 74.8 cm³/mol. The quantitative estimate of drug-likeness (QED) is 0.911. The molecule has 19 heavy (non-hydrogen) atoms. The average Bonchev–Trinajstić information content (AvgIpc) is 2.93. The lowest BCUT2D eigenvalue weighted by atomic mass is 9.90. The number of likely N-dealkylation sites (tertiary alicyclic amines) is 1. The summed E-state index contributed by atoms with van der Waals surface area (Å²) in [6.07, 6.45) is 0.484. The summed E-state index contributed by atoms with van der Waals surface area (Å²) in [4.78, 5) is 25.6. The maximum absolute atomic E-state index is 12.3. The molecule has 7 heteroatoms. The fourth-order valence-corrected chi connectivity index (χ4v) is 3.68. The van der Waals surface area contributed by atoms with Crippen molar-refractivity contribution in [1.29, 1.82) is 0 Å². The molecule has 2 heterocycles. The van der Waals surface area contributed by atoms with E-state index in [0.29, 0.717) is 23.6 Å². The molecular weight excluding hydrogens is 334 g/mol. The van der Waals surface area contributed by atoms with Gasteiger partial charge in [-0.3, -0.25) is 9.59 Å². The van der Waals surface area contributed by atoms with E-state index in [0.717, 1.165) is 3.79 Å². The molecule has 0 aliphatic carbocycles. The van der Waals surface area contributed by atoms with Gasteiger partial charge in [-0.25, -0.2) is 0 Å². The summed E-state index contributed by atoms with van der Waals surface area (Å²) in [5.74, 6) is -0.375. The monoisotopic (exact) mass is 347 g/mol. The van der Waals surface area contributed by atoms with Crippen molar-refractivity contribution in [3.63, 3.8) is 0 Å². The molecule has 1 aromatic rings. The van der Waals surface area contributed by atoms with Crippen LogP contribution in [0.1, 0.15) is 23.0 Å². The molecule has 1 amide bonds. The van der Waals surface area contributed by atoms with Gasteiger partial charge in [-0.2, -0.15) is 0 Å². The van der Waals surface area contributed by atoms with E-state index in [1.165, 1.54) is 11.3 Å². The second kappa shape index (κ2) is 5.13. The van der Waals surface area contributed by atoms with Crippen LogP contribution in [0.15, 0.2) is 9.85 Å². The van der Waals surface area contributed by atoms with E-state index in [-0.39, 0.29) is 12.5 Å². The van der Waals surface area contributed by atoms with Crippen LogP contribution in [0.4, 0.5) is 0 Å². The largest absolute Gasteiger partial charge is 0.495 e. The van der Waals surface area contributed by atoms with Crippen LogP contribution >= 0.6 is 27.3 Å². The van der Waals surface area contributed by atoms with Gasteiger partial charge in [0.1, 0.15) is 9.54 Å². The van der Waals surface area contributed by atoms with Gasteiger partial charge in [0.15, 0.2) is 0 Å². The zero-order valence-electron chi connectivity index (χ0n) is 10.6. The number of hydrogen-bond acceptors (Lipinski definition) is 4. The number of amides is 1. The van der Waals surface area contributed by atoms with E-state index in [1.807, 2.05) is 0 Å². The Balaban J connectivity index is 2.15. The SMILES string of the molecule is COc1cc(C(=O)N2CCC(C)(C(=O)O)C2)sc1Br. The van der Waals surface area contributed by atoms with Crippen LogP contribution < -0.4 is 4.74 Å². The summed E-state index contributed by atoms with van der Waals surface area (Å²) in [5.41, 5.74) is -0.839. The van der Waals surface area contributed by atoms with E-state index in [4.69, 9.17) is 9.84 Å². The second-order valence-electron chi connectivity index (χ2n) is 4.80. The smallest absolute Gasteiger partial charge is 0.311 e. The van der Waals surface area contributed by atoms with Crippen molar-refractivity contribution in [1.82, 2.24) is 4.90 Å². The van der Waals surface area contributed by atoms with Gasteiger partial charge in [-0.15, -0.1) is 11.3 Å². The normalized spacial score (nSPS) is 22.6. The first-order chi connectivity index (χ1) is 8.87. The number of thiophene rings is 1. The van der Waals surface area contributed by atoms with Crippen molar-refractivity contribution in [2.45, 2.75) is 13.3 Å². The Morgan fingerprint density at radius 3 is 2.74 bits per heavy atom. The average molecular weight is 348 g/mol. The van der Waals surface area contributed by atoms with Gasteiger partial charge in [0, 0.05) is 19.2 Å². The standard InChI is InChI=1S/C12H14BrNO4S/c1-12(11(16)17)3-4-14(6-12)10(15)8-5-7(18-2)9(13)19-8/h5H,3-4,6H2,1-2H3,(H,16,17). The minimum absolute atomic E-state index is 0.140. The number of hydrogen-bond donors (Lipinski definition) is 1. The van der Waals surface area contributed by atoms with Crippen LogP contribution in [0.2, 0.25) is 0 Å². The zero-order chi connectivity index (χ0) is 14.2. The third-order valence-electron chi connectivity index (χ3n) is 3.36. The Kier molecular flexibility index (Phi) is 3.87. The van der Waals surface area contributed by atoms with E-state index in [1.54, 1.807) is 25.0 Å². The van der Waals surface area contributed by atoms with Crippen molar-refractivity contribution >= 4 is 39.1 Å². The minimum Gasteiger partial charge on any atom is -0.495 e. The lowest BCUT2D eigenvalue weighted by Crippen LogP contribution is -2.34. The summed E-state index contributed by atoms with van der Waals surface area (Å²) in [6.45, 7) is 2.39. The summed E-state index contributed by atoms with van der Waals surface area (Å²) < 4.78 is 5.88. The maximum atomic E-state index is 12.3. The molecule has 0 saturated carbocycles. The van der Waals surface area contributed by atoms with Crippen LogP contribution in [0.5, 0.6) is 5.75 Å². The van der Waals surface area contributed by atoms with Gasteiger partial charge in [0.05, 0.1) is 17.4 Å². The van der Waals surface area contributed by atoms with Gasteiger partial charge in [0.25, 0.3) is 5.91 Å². The van der Waals surface area contributed by atoms with Crippen LogP contribution in [0.3, 0.4) is 0 Å². The van der Waals surface area contributed by atoms with Gasteiger partial charge in [0.2, 0.25) is 0 Å². The van der Waals surface area contributed by atoms with Crippen molar-refractivity contribution in [2.75, 3.05) is 20.2 Å². The van der Waals surface area contributed by atoms with Crippen LogP contribution in [-0.4, -0.2) is 42.1 Å². The summed E-state index contributed by atoms with van der Waals surface area (Å²) in [7, 11) is 1.54. The van der Waals surface area contributed by atoms with Crippen molar-refractivity contribution in [2.24, 2.45) is 5.41 Å². The Morgan fingerprint density at radius 2 is 2.26 bits per heavy atom. The molecule has 1 aliphatic rings. The van der Waals surface area contributed by atoms with Crippen LogP contribution in [0, 0.1) is 5.41 Å². The maximum Gasteiger partial charge on any atom is 0.311 e. The van der Waals surface area contributed by atoms with Crippen molar-refractivity contribution in [3.05, 3.63) is 14.7 Å². The number of aliphatic carboxylic acids is 1. The summed E-state index contributed by atoms with van der Waals surface area (Å²) >= 11 is 4.62. The molecular formula is C12H14BrNO4S. The first-order valence-electron chi connectivity index (χ1n) is 5.73. The number of halogens is 1. The molecule has 1 saturated heterocycles. The molecule has 0 radical (unpaired) electrons. The Bertz CT molecular complexity index is 530. The predicted octanol–water partition coefficient (Wildman–Crippen LogP) is 2.46. The second-order valence-corrected chi connectivity index (χ2v) is 7.17. The molecule has 5 nitrogen and oxygen atoms in total. The van der Waals surface area contributed by atoms with Gasteiger partial charge in [-0.05, 0) is 29.3 Å². The van der Waals surface area contributed by atoms with Gasteiger partial charge < -0.3 is 14.7 Å². The van der Waals surface area contributed by atoms with Crippen LogP contribution in [-0.2, 0) is 4.79 Å². The fourth-order valence-electron chi connectivity index (χ4n) is 2.06. The molecule has 0 bridgehead atoms. The van der Waals surface area contributed by atoms with E-state index in [9.17, 15) is 9.59 Å². The van der Waals surface area contributed by atoms with Gasteiger partial charge >= 0.3 is 5.97 Å². The molecule has 2 rings (SSSR count). The highest BCUT2D eigenvalue weighted by atomic mass is 79.9. The third-order valence-corrected chi connectivity index (χ3v) is 5.13. The molecule has 0 aromatic carbocycles. The summed E-state index contributed by atoms with van der Waals surface area (Å²) in [6, 6.07) is 1.67. The molecule has 1 fully saturated rings. The first-order valence-corrected chi connectivity index (χ1v) is 7.34. The molecule has 1 aliphatic heterocycles. The Morgan fingerprint density at radius 1 is 1.58 bits per heavy atom. The number of rotatable bonds is 3. The zero-order valence-corrected chi connectivity index (χ0v) is 13.0. The number of nitrogens with zero attached hydrogens (tertiary/aromatic N) is 1. The highest BCUT2D eigenvalue weighted by Gasteiger charge is 2.42. The molecule has 104 valence electrons. The third kappa shape index (κ3) is 2.62. The number of carboxylic acid groups (broad SMARTS) is 1. The topological polar surface area (TPSA) is 66.8 Å². The number of carbonyl (C=O) groups is 2. The molecule has 0 spiro atoms. The molecule has 1 atom stereocenters. The minimum atomic E-state index is -0.854. The van der Waals surface area contributed by atoms with E-state index in [2.05, 4.69) is 15.9 Å². The van der Waals surface area contributed by atoms with E-state index < -0.39 is 11.4 Å².